The number of alkyl halides is 5. The van der Waals surface area contributed by atoms with Gasteiger partial charge >= 0.3 is 12.3 Å². The quantitative estimate of drug-likeness (QED) is 0.226. The third kappa shape index (κ3) is 9.47. The molecular formula is C34H45F5N2O3. The molecule has 0 spiro atoms. The van der Waals surface area contributed by atoms with Crippen molar-refractivity contribution in [3.8, 4) is 0 Å². The zero-order valence-corrected chi connectivity index (χ0v) is 25.7. The lowest BCUT2D eigenvalue weighted by Crippen LogP contribution is -2.35. The van der Waals surface area contributed by atoms with Crippen LogP contribution in [0.4, 0.5) is 22.0 Å². The third-order valence-electron chi connectivity index (χ3n) is 9.42. The van der Waals surface area contributed by atoms with Gasteiger partial charge in [0.1, 0.15) is 6.04 Å². The highest BCUT2D eigenvalue weighted by atomic mass is 19.4. The first-order chi connectivity index (χ1) is 20.9. The molecule has 1 saturated heterocycles. The van der Waals surface area contributed by atoms with Crippen molar-refractivity contribution < 1.29 is 36.6 Å². The Hall–Kier alpha value is -2.56. The number of hydrogen-bond donors (Lipinski definition) is 1. The van der Waals surface area contributed by atoms with Crippen LogP contribution in [0.5, 0.6) is 0 Å². The van der Waals surface area contributed by atoms with Crippen LogP contribution in [-0.2, 0) is 9.53 Å². The first-order valence-electron chi connectivity index (χ1n) is 15.8. The molecule has 2 aromatic carbocycles. The summed E-state index contributed by atoms with van der Waals surface area (Å²) in [5.74, 6) is -1.09. The van der Waals surface area contributed by atoms with Gasteiger partial charge in [0.25, 0.3) is 6.43 Å². The number of aryl methyl sites for hydroxylation is 1. The molecule has 1 aliphatic carbocycles. The van der Waals surface area contributed by atoms with E-state index in [4.69, 9.17) is 0 Å². The molecule has 1 N–H and O–H groups in total. The SMILES string of the molecule is Cc1cccc([C@@H](C(=O)O)N(C)CC[C@H](CCN2CCCCC2)c2cccc(C(F)F)c2)c1C1CCC(OC(F)(F)F)CC1. The van der Waals surface area contributed by atoms with Crippen LogP contribution in [0.1, 0.15) is 110 Å². The van der Waals surface area contributed by atoms with Gasteiger partial charge in [-0.2, -0.15) is 0 Å². The standard InChI is InChI=1S/C34H45F5N2O3/c1-23-8-6-11-29(30(23)25-12-14-28(15-13-25)44-34(37,38)39)31(33(42)43)40(2)20-16-24(17-21-41-18-4-3-5-19-41)26-9-7-10-27(22-26)32(35)36/h6-11,22,24-25,28,31-32H,3-5,12-21H2,1-2H3,(H,42,43)/t24-,25?,28?,31+/m1/s1. The topological polar surface area (TPSA) is 53.0 Å². The average Bonchev–Trinajstić information content (AvgIpc) is 2.97. The summed E-state index contributed by atoms with van der Waals surface area (Å²) in [6.07, 6.45) is -1.73. The van der Waals surface area contributed by atoms with Crippen molar-refractivity contribution in [3.05, 3.63) is 70.3 Å². The number of likely N-dealkylation sites (tertiary alicyclic amines) is 1. The van der Waals surface area contributed by atoms with Gasteiger partial charge in [0.2, 0.25) is 0 Å². The van der Waals surface area contributed by atoms with Gasteiger partial charge in [-0.05, 0) is 132 Å². The molecular weight excluding hydrogens is 579 g/mol. The van der Waals surface area contributed by atoms with Crippen LogP contribution >= 0.6 is 0 Å². The van der Waals surface area contributed by atoms with Gasteiger partial charge in [-0.15, -0.1) is 13.2 Å². The second kappa shape index (κ2) is 15.6. The Kier molecular flexibility index (Phi) is 12.2. The molecule has 2 aromatic rings. The van der Waals surface area contributed by atoms with Crippen LogP contribution in [0.15, 0.2) is 42.5 Å². The summed E-state index contributed by atoms with van der Waals surface area (Å²) in [7, 11) is 1.77. The molecule has 10 heteroatoms. The zero-order chi connectivity index (χ0) is 31.9. The van der Waals surface area contributed by atoms with E-state index < -0.39 is 30.9 Å². The highest BCUT2D eigenvalue weighted by Gasteiger charge is 2.37. The minimum atomic E-state index is -4.67. The average molecular weight is 625 g/mol. The number of halogens is 5. The van der Waals surface area contributed by atoms with Gasteiger partial charge in [-0.25, -0.2) is 8.78 Å². The van der Waals surface area contributed by atoms with Crippen molar-refractivity contribution in [2.45, 2.75) is 101 Å². The molecule has 5 nitrogen and oxygen atoms in total. The summed E-state index contributed by atoms with van der Waals surface area (Å²) < 4.78 is 69.7. The van der Waals surface area contributed by atoms with E-state index >= 15 is 0 Å². The Morgan fingerprint density at radius 1 is 1.00 bits per heavy atom. The summed E-state index contributed by atoms with van der Waals surface area (Å²) in [5, 5.41) is 10.5. The fourth-order valence-electron chi connectivity index (χ4n) is 7.15. The lowest BCUT2D eigenvalue weighted by molar-refractivity contribution is -0.345. The van der Waals surface area contributed by atoms with E-state index in [1.807, 2.05) is 36.1 Å². The van der Waals surface area contributed by atoms with Crippen molar-refractivity contribution in [3.63, 3.8) is 0 Å². The number of nitrogens with zero attached hydrogens (tertiary/aromatic N) is 2. The maximum absolute atomic E-state index is 13.6. The lowest BCUT2D eigenvalue weighted by Gasteiger charge is -2.34. The van der Waals surface area contributed by atoms with Crippen molar-refractivity contribution in [1.29, 1.82) is 0 Å². The molecule has 2 fully saturated rings. The molecule has 1 aliphatic heterocycles. The molecule has 4 rings (SSSR count). The second-order valence-electron chi connectivity index (χ2n) is 12.5. The Labute approximate surface area is 257 Å². The molecule has 0 bridgehead atoms. The smallest absolute Gasteiger partial charge is 0.480 e. The number of hydrogen-bond acceptors (Lipinski definition) is 4. The first kappa shape index (κ1) is 34.3. The van der Waals surface area contributed by atoms with Gasteiger partial charge in [0.15, 0.2) is 0 Å². The summed E-state index contributed by atoms with van der Waals surface area (Å²) in [6.45, 7) is 5.28. The van der Waals surface area contributed by atoms with Crippen LogP contribution in [0.3, 0.4) is 0 Å². The van der Waals surface area contributed by atoms with Crippen LogP contribution in [0.25, 0.3) is 0 Å². The van der Waals surface area contributed by atoms with Gasteiger partial charge in [-0.3, -0.25) is 14.4 Å². The predicted octanol–water partition coefficient (Wildman–Crippen LogP) is 8.60. The van der Waals surface area contributed by atoms with E-state index in [0.717, 1.165) is 55.6 Å². The van der Waals surface area contributed by atoms with E-state index in [1.165, 1.54) is 12.5 Å². The number of aliphatic carboxylic acids is 1. The number of likely N-dealkylation sites (N-methyl/N-ethyl adjacent to an activating group) is 1. The van der Waals surface area contributed by atoms with Crippen molar-refractivity contribution in [1.82, 2.24) is 9.80 Å². The fourth-order valence-corrected chi connectivity index (χ4v) is 7.15. The lowest BCUT2D eigenvalue weighted by atomic mass is 9.77. The normalized spacial score (nSPS) is 21.5. The highest BCUT2D eigenvalue weighted by molar-refractivity contribution is 5.76. The van der Waals surface area contributed by atoms with Crippen LogP contribution < -0.4 is 0 Å². The van der Waals surface area contributed by atoms with E-state index in [2.05, 4.69) is 9.64 Å². The van der Waals surface area contributed by atoms with Crippen molar-refractivity contribution in [2.24, 2.45) is 0 Å². The monoisotopic (exact) mass is 624 g/mol. The van der Waals surface area contributed by atoms with E-state index in [1.54, 1.807) is 19.2 Å². The summed E-state index contributed by atoms with van der Waals surface area (Å²) in [5.41, 5.74) is 3.30. The molecule has 2 aliphatic rings. The minimum Gasteiger partial charge on any atom is -0.480 e. The molecule has 0 radical (unpaired) electrons. The molecule has 1 saturated carbocycles. The maximum atomic E-state index is 13.6. The Balaban J connectivity index is 1.51. The summed E-state index contributed by atoms with van der Waals surface area (Å²) >= 11 is 0. The molecule has 44 heavy (non-hydrogen) atoms. The van der Waals surface area contributed by atoms with Gasteiger partial charge in [-0.1, -0.05) is 42.8 Å². The number of benzene rings is 2. The second-order valence-corrected chi connectivity index (χ2v) is 12.5. The van der Waals surface area contributed by atoms with E-state index in [-0.39, 0.29) is 30.2 Å². The van der Waals surface area contributed by atoms with Gasteiger partial charge in [0, 0.05) is 5.56 Å². The number of piperidine rings is 1. The summed E-state index contributed by atoms with van der Waals surface area (Å²) in [6, 6.07) is 11.2. The molecule has 0 unspecified atom stereocenters. The molecule has 2 atom stereocenters. The number of carboxylic acids is 1. The van der Waals surface area contributed by atoms with E-state index in [0.29, 0.717) is 31.4 Å². The zero-order valence-electron chi connectivity index (χ0n) is 25.7. The number of carbonyl (C=O) groups is 1. The van der Waals surface area contributed by atoms with Crippen LogP contribution in [-0.4, -0.2) is 66.6 Å². The largest absolute Gasteiger partial charge is 0.522 e. The highest BCUT2D eigenvalue weighted by Crippen LogP contribution is 2.41. The number of carboxylic acid groups (broad SMARTS) is 1. The van der Waals surface area contributed by atoms with Crippen LogP contribution in [0, 0.1) is 6.92 Å². The fraction of sp³-hybridized carbons (Fsp3) is 0.618. The number of rotatable bonds is 13. The minimum absolute atomic E-state index is 0.0120. The maximum Gasteiger partial charge on any atom is 0.522 e. The Bertz CT molecular complexity index is 1210. The Morgan fingerprint density at radius 3 is 2.30 bits per heavy atom. The molecule has 244 valence electrons. The molecule has 0 amide bonds. The predicted molar refractivity (Wildman–Crippen MR) is 160 cm³/mol. The van der Waals surface area contributed by atoms with Crippen LogP contribution in [0.2, 0.25) is 0 Å². The molecule has 1 heterocycles. The first-order valence-corrected chi connectivity index (χ1v) is 15.8. The van der Waals surface area contributed by atoms with E-state index in [9.17, 15) is 31.9 Å². The summed E-state index contributed by atoms with van der Waals surface area (Å²) in [4.78, 5) is 17.0. The number of ether oxygens (including phenoxy) is 1. The van der Waals surface area contributed by atoms with Gasteiger partial charge in [0.05, 0.1) is 6.10 Å². The van der Waals surface area contributed by atoms with Crippen molar-refractivity contribution in [2.75, 3.05) is 33.2 Å². The van der Waals surface area contributed by atoms with Crippen molar-refractivity contribution >= 4 is 5.97 Å². The van der Waals surface area contributed by atoms with Gasteiger partial charge < -0.3 is 10.0 Å². The molecule has 0 aromatic heterocycles. The Morgan fingerprint density at radius 2 is 1.66 bits per heavy atom. The third-order valence-corrected chi connectivity index (χ3v) is 9.42.